The number of carboxylic acid groups (broad SMARTS) is 1. The summed E-state index contributed by atoms with van der Waals surface area (Å²) in [5.74, 6) is -0.239. The number of rotatable bonds is 9. The van der Waals surface area contributed by atoms with Crippen LogP contribution in [-0.2, 0) is 4.79 Å². The van der Waals surface area contributed by atoms with Gasteiger partial charge in [-0.15, -0.1) is 0 Å². The first-order chi connectivity index (χ1) is 7.02. The zero-order chi connectivity index (χ0) is 11.7. The summed E-state index contributed by atoms with van der Waals surface area (Å²) in [4.78, 5) is 10.3. The molecule has 90 valence electrons. The molecule has 0 aliphatic heterocycles. The lowest BCUT2D eigenvalue weighted by Crippen LogP contribution is -2.17. The summed E-state index contributed by atoms with van der Waals surface area (Å²) in [5, 5.41) is 17.3. The Kier molecular flexibility index (Phi) is 8.33. The van der Waals surface area contributed by atoms with Gasteiger partial charge in [-0.1, -0.05) is 26.2 Å². The molecule has 0 amide bonds. The van der Waals surface area contributed by atoms with E-state index in [2.05, 4.69) is 6.92 Å². The fourth-order valence-corrected chi connectivity index (χ4v) is 1.54. The van der Waals surface area contributed by atoms with Gasteiger partial charge in [0.15, 0.2) is 0 Å². The normalized spacial score (nSPS) is 14.9. The highest BCUT2D eigenvalue weighted by atomic mass is 16.4. The van der Waals surface area contributed by atoms with Crippen molar-refractivity contribution in [3.8, 4) is 0 Å². The maximum atomic E-state index is 10.3. The van der Waals surface area contributed by atoms with Gasteiger partial charge >= 0.3 is 5.97 Å². The molecule has 0 aromatic rings. The van der Waals surface area contributed by atoms with Crippen LogP contribution >= 0.6 is 0 Å². The summed E-state index contributed by atoms with van der Waals surface area (Å²) in [6.45, 7) is 2.08. The molecular formula is C11H23NO3. The molecule has 0 heterocycles. The van der Waals surface area contributed by atoms with Crippen molar-refractivity contribution in [1.29, 1.82) is 0 Å². The van der Waals surface area contributed by atoms with Crippen LogP contribution < -0.4 is 5.73 Å². The Bertz CT molecular complexity index is 171. The Labute approximate surface area is 91.5 Å². The predicted octanol–water partition coefficient (Wildman–Crippen LogP) is 1.71. The van der Waals surface area contributed by atoms with Gasteiger partial charge in [0.2, 0.25) is 0 Å². The van der Waals surface area contributed by atoms with Crippen molar-refractivity contribution < 1.29 is 15.0 Å². The SMILES string of the molecule is C[C@@H](CCCCC[C@H](N)O)CCC(=O)O. The zero-order valence-electron chi connectivity index (χ0n) is 9.48. The van der Waals surface area contributed by atoms with Crippen LogP contribution in [0.25, 0.3) is 0 Å². The van der Waals surface area contributed by atoms with Gasteiger partial charge in [-0.25, -0.2) is 0 Å². The summed E-state index contributed by atoms with van der Waals surface area (Å²) in [6, 6.07) is 0. The van der Waals surface area contributed by atoms with E-state index in [1.54, 1.807) is 0 Å². The highest BCUT2D eigenvalue weighted by Crippen LogP contribution is 2.15. The maximum absolute atomic E-state index is 10.3. The summed E-state index contributed by atoms with van der Waals surface area (Å²) in [7, 11) is 0. The van der Waals surface area contributed by atoms with E-state index >= 15 is 0 Å². The Morgan fingerprint density at radius 1 is 1.20 bits per heavy atom. The highest BCUT2D eigenvalue weighted by molar-refractivity contribution is 5.66. The van der Waals surface area contributed by atoms with E-state index < -0.39 is 12.2 Å². The van der Waals surface area contributed by atoms with Crippen LogP contribution in [0.3, 0.4) is 0 Å². The second kappa shape index (κ2) is 8.68. The molecule has 4 nitrogen and oxygen atoms in total. The second-order valence-corrected chi connectivity index (χ2v) is 4.24. The van der Waals surface area contributed by atoms with Crippen molar-refractivity contribution in [3.05, 3.63) is 0 Å². The van der Waals surface area contributed by atoms with Crippen LogP contribution in [0, 0.1) is 5.92 Å². The lowest BCUT2D eigenvalue weighted by molar-refractivity contribution is -0.137. The van der Waals surface area contributed by atoms with Crippen LogP contribution in [0.5, 0.6) is 0 Å². The molecule has 0 rings (SSSR count). The van der Waals surface area contributed by atoms with Crippen LogP contribution in [0.4, 0.5) is 0 Å². The van der Waals surface area contributed by atoms with Gasteiger partial charge in [0.25, 0.3) is 0 Å². The molecule has 0 aromatic carbocycles. The monoisotopic (exact) mass is 217 g/mol. The molecule has 0 radical (unpaired) electrons. The third-order valence-electron chi connectivity index (χ3n) is 2.55. The van der Waals surface area contributed by atoms with Crippen molar-refractivity contribution in [3.63, 3.8) is 0 Å². The second-order valence-electron chi connectivity index (χ2n) is 4.24. The molecule has 0 aliphatic rings. The molecule has 4 N–H and O–H groups in total. The lowest BCUT2D eigenvalue weighted by Gasteiger charge is -2.09. The average molecular weight is 217 g/mol. The van der Waals surface area contributed by atoms with E-state index in [9.17, 15) is 4.79 Å². The third kappa shape index (κ3) is 11.3. The summed E-state index contributed by atoms with van der Waals surface area (Å²) in [5.41, 5.74) is 5.21. The van der Waals surface area contributed by atoms with Crippen molar-refractivity contribution in [1.82, 2.24) is 0 Å². The van der Waals surface area contributed by atoms with Crippen LogP contribution in [0.2, 0.25) is 0 Å². The van der Waals surface area contributed by atoms with E-state index in [1.165, 1.54) is 0 Å². The molecule has 15 heavy (non-hydrogen) atoms. The fourth-order valence-electron chi connectivity index (χ4n) is 1.54. The van der Waals surface area contributed by atoms with Gasteiger partial charge < -0.3 is 15.9 Å². The van der Waals surface area contributed by atoms with E-state index in [4.69, 9.17) is 15.9 Å². The Morgan fingerprint density at radius 2 is 1.80 bits per heavy atom. The Hall–Kier alpha value is -0.610. The van der Waals surface area contributed by atoms with Gasteiger partial charge in [-0.3, -0.25) is 4.79 Å². The largest absolute Gasteiger partial charge is 0.481 e. The van der Waals surface area contributed by atoms with Gasteiger partial charge in [-0.05, 0) is 25.2 Å². The van der Waals surface area contributed by atoms with Gasteiger partial charge in [0, 0.05) is 6.42 Å². The molecule has 0 fully saturated rings. The van der Waals surface area contributed by atoms with Crippen LogP contribution in [0.15, 0.2) is 0 Å². The molecule has 0 unspecified atom stereocenters. The van der Waals surface area contributed by atoms with Crippen molar-refractivity contribution >= 4 is 5.97 Å². The number of aliphatic hydroxyl groups is 1. The molecule has 0 aromatic heterocycles. The molecule has 0 aliphatic carbocycles. The smallest absolute Gasteiger partial charge is 0.303 e. The number of unbranched alkanes of at least 4 members (excludes halogenated alkanes) is 2. The maximum Gasteiger partial charge on any atom is 0.303 e. The number of nitrogens with two attached hydrogens (primary N) is 1. The van der Waals surface area contributed by atoms with E-state index in [1.807, 2.05) is 0 Å². The molecule has 0 saturated carbocycles. The highest BCUT2D eigenvalue weighted by Gasteiger charge is 2.05. The number of aliphatic hydroxyl groups excluding tert-OH is 1. The summed E-state index contributed by atoms with van der Waals surface area (Å²) < 4.78 is 0. The molecule has 2 atom stereocenters. The van der Waals surface area contributed by atoms with Crippen molar-refractivity contribution in [2.45, 2.75) is 58.1 Å². The number of aliphatic carboxylic acids is 1. The fraction of sp³-hybridized carbons (Fsp3) is 0.909. The molecule has 4 heteroatoms. The third-order valence-corrected chi connectivity index (χ3v) is 2.55. The lowest BCUT2D eigenvalue weighted by atomic mass is 9.98. The predicted molar refractivity (Wildman–Crippen MR) is 59.3 cm³/mol. The minimum absolute atomic E-state index is 0.267. The number of carboxylic acids is 1. The standard InChI is InChI=1S/C11H23NO3/c1-9(7-8-11(14)15)5-3-2-4-6-10(12)13/h9-10,13H,2-8,12H2,1H3,(H,14,15)/t9-,10+/m0/s1. The van der Waals surface area contributed by atoms with Crippen molar-refractivity contribution in [2.75, 3.05) is 0 Å². The molecule has 0 bridgehead atoms. The van der Waals surface area contributed by atoms with Gasteiger partial charge in [0.1, 0.15) is 6.23 Å². The van der Waals surface area contributed by atoms with Crippen LogP contribution in [0.1, 0.15) is 51.9 Å². The first-order valence-electron chi connectivity index (χ1n) is 5.67. The molecule has 0 spiro atoms. The summed E-state index contributed by atoms with van der Waals surface area (Å²) >= 11 is 0. The van der Waals surface area contributed by atoms with Gasteiger partial charge in [-0.2, -0.15) is 0 Å². The first kappa shape index (κ1) is 14.4. The topological polar surface area (TPSA) is 83.5 Å². The number of hydrogen-bond acceptors (Lipinski definition) is 3. The quantitative estimate of drug-likeness (QED) is 0.405. The minimum Gasteiger partial charge on any atom is -0.481 e. The Morgan fingerprint density at radius 3 is 2.33 bits per heavy atom. The summed E-state index contributed by atoms with van der Waals surface area (Å²) in [6.07, 6.45) is 5.16. The molecular weight excluding hydrogens is 194 g/mol. The minimum atomic E-state index is -0.715. The zero-order valence-corrected chi connectivity index (χ0v) is 9.48. The van der Waals surface area contributed by atoms with E-state index in [0.717, 1.165) is 32.1 Å². The Balaban J connectivity index is 3.23. The van der Waals surface area contributed by atoms with Gasteiger partial charge in [0.05, 0.1) is 0 Å². The molecule has 0 saturated heterocycles. The van der Waals surface area contributed by atoms with Crippen LogP contribution in [-0.4, -0.2) is 22.4 Å². The van der Waals surface area contributed by atoms with Crippen molar-refractivity contribution in [2.24, 2.45) is 11.7 Å². The first-order valence-corrected chi connectivity index (χ1v) is 5.67. The van der Waals surface area contributed by atoms with E-state index in [-0.39, 0.29) is 6.42 Å². The van der Waals surface area contributed by atoms with E-state index in [0.29, 0.717) is 12.3 Å². The number of hydrogen-bond donors (Lipinski definition) is 3. The average Bonchev–Trinajstić information content (AvgIpc) is 2.13. The number of carbonyl (C=O) groups is 1.